The van der Waals surface area contributed by atoms with E-state index in [4.69, 9.17) is 11.1 Å². The molecule has 44 heavy (non-hydrogen) atoms. The minimum atomic E-state index is -4.19. The summed E-state index contributed by atoms with van der Waals surface area (Å²) in [6.45, 7) is 1.54. The maximum absolute atomic E-state index is 13.9. The van der Waals surface area contributed by atoms with Crippen LogP contribution >= 0.6 is 0 Å². The van der Waals surface area contributed by atoms with Gasteiger partial charge in [-0.25, -0.2) is 12.8 Å². The number of carbonyl (C=O) groups is 2. The molecule has 0 radical (unpaired) electrons. The van der Waals surface area contributed by atoms with Crippen molar-refractivity contribution in [1.82, 2.24) is 14.9 Å². The molecule has 0 bridgehead atoms. The smallest absolute Gasteiger partial charge is 0.241 e. The number of nitrogens with two attached hydrogens (primary N) is 1. The van der Waals surface area contributed by atoms with Crippen LogP contribution in [-0.2, 0) is 26.0 Å². The highest BCUT2D eigenvalue weighted by Gasteiger charge is 2.38. The number of aldehydes is 1. The van der Waals surface area contributed by atoms with Crippen molar-refractivity contribution in [2.75, 3.05) is 26.7 Å². The van der Waals surface area contributed by atoms with Gasteiger partial charge in [-0.15, -0.1) is 0 Å². The lowest BCUT2D eigenvalue weighted by Crippen LogP contribution is -2.59. The van der Waals surface area contributed by atoms with Crippen molar-refractivity contribution in [3.63, 3.8) is 0 Å². The highest BCUT2D eigenvalue weighted by molar-refractivity contribution is 7.89. The predicted molar refractivity (Wildman–Crippen MR) is 169 cm³/mol. The summed E-state index contributed by atoms with van der Waals surface area (Å²) in [4.78, 5) is 26.6. The largest absolute Gasteiger partial charge is 0.384 e. The van der Waals surface area contributed by atoms with Gasteiger partial charge in [-0.05, 0) is 98.1 Å². The number of nitrogens with zero attached hydrogens (tertiary/aromatic N) is 1. The average molecular weight is 622 g/mol. The molecule has 1 aliphatic rings. The van der Waals surface area contributed by atoms with Crippen LogP contribution in [-0.4, -0.2) is 63.6 Å². The minimum Gasteiger partial charge on any atom is -0.384 e. The fourth-order valence-corrected chi connectivity index (χ4v) is 7.14. The van der Waals surface area contributed by atoms with Crippen molar-refractivity contribution in [3.05, 3.63) is 89.7 Å². The third kappa shape index (κ3) is 8.81. The highest BCUT2D eigenvalue weighted by atomic mass is 32.2. The standard InChI is InChI=1S/C33H40FN5O4S/c1-37-31(41)10-3-5-24-15-17-39(18-16-24)22-33(23-40,21-25-6-2-8-28(19-25)32(35)36)38-44(42,43)30-9-4-7-27(20-30)26-11-13-29(34)14-12-26/h2,4,6-9,11-14,19-20,23-24,38H,3,5,10,15-18,21-22H2,1H3,(H3,35,36)(H,37,41)/t33-/m1/s1. The Balaban J connectivity index is 1.57. The van der Waals surface area contributed by atoms with Crippen LogP contribution < -0.4 is 15.8 Å². The molecule has 4 rings (SSSR count). The van der Waals surface area contributed by atoms with Crippen molar-refractivity contribution < 1.29 is 22.4 Å². The molecule has 234 valence electrons. The second-order valence-electron chi connectivity index (χ2n) is 11.5. The van der Waals surface area contributed by atoms with E-state index in [0.717, 1.165) is 25.7 Å². The van der Waals surface area contributed by atoms with E-state index in [0.29, 0.717) is 54.0 Å². The van der Waals surface area contributed by atoms with E-state index in [1.54, 1.807) is 55.6 Å². The van der Waals surface area contributed by atoms with Gasteiger partial charge in [0.1, 0.15) is 23.5 Å². The summed E-state index contributed by atoms with van der Waals surface area (Å²) in [5.41, 5.74) is 6.59. The van der Waals surface area contributed by atoms with Gasteiger partial charge in [0.25, 0.3) is 0 Å². The van der Waals surface area contributed by atoms with Crippen molar-refractivity contribution in [3.8, 4) is 11.1 Å². The second-order valence-corrected chi connectivity index (χ2v) is 13.2. The summed E-state index contributed by atoms with van der Waals surface area (Å²) in [6, 6.07) is 19.0. The molecule has 0 aliphatic carbocycles. The molecule has 0 unspecified atom stereocenters. The molecule has 3 aromatic carbocycles. The SMILES string of the molecule is CNC(=O)CCCC1CCN(C[C@@](C=O)(Cc2cccc(C(=N)N)c2)NS(=O)(=O)c2cccc(-c3ccc(F)cc3)c2)CC1. The maximum Gasteiger partial charge on any atom is 0.241 e. The van der Waals surface area contributed by atoms with Crippen molar-refractivity contribution >= 4 is 28.1 Å². The summed E-state index contributed by atoms with van der Waals surface area (Å²) in [6.07, 6.45) is 4.74. The van der Waals surface area contributed by atoms with E-state index >= 15 is 0 Å². The number of sulfonamides is 1. The van der Waals surface area contributed by atoms with E-state index in [9.17, 15) is 22.4 Å². The molecule has 1 atom stereocenters. The lowest BCUT2D eigenvalue weighted by atomic mass is 9.88. The Hall–Kier alpha value is -3.93. The summed E-state index contributed by atoms with van der Waals surface area (Å²) < 4.78 is 44.0. The fourth-order valence-electron chi connectivity index (χ4n) is 5.76. The van der Waals surface area contributed by atoms with E-state index in [-0.39, 0.29) is 29.6 Å². The fraction of sp³-hybridized carbons (Fsp3) is 0.364. The highest BCUT2D eigenvalue weighted by Crippen LogP contribution is 2.27. The molecular formula is C33H40FN5O4S. The number of hydrogen-bond donors (Lipinski definition) is 4. The Bertz CT molecular complexity index is 1570. The first-order valence-electron chi connectivity index (χ1n) is 14.7. The molecule has 3 aromatic rings. The molecular weight excluding hydrogens is 581 g/mol. The van der Waals surface area contributed by atoms with Gasteiger partial charge in [-0.2, -0.15) is 4.72 Å². The Labute approximate surface area is 258 Å². The number of hydrogen-bond acceptors (Lipinski definition) is 6. The number of amides is 1. The third-order valence-corrected chi connectivity index (χ3v) is 9.70. The van der Waals surface area contributed by atoms with Crippen LogP contribution in [0.4, 0.5) is 4.39 Å². The van der Waals surface area contributed by atoms with Crippen LogP contribution in [0.2, 0.25) is 0 Å². The van der Waals surface area contributed by atoms with Crippen molar-refractivity contribution in [1.29, 1.82) is 5.41 Å². The maximum atomic E-state index is 13.9. The van der Waals surface area contributed by atoms with E-state index in [2.05, 4.69) is 14.9 Å². The number of piperidine rings is 1. The van der Waals surface area contributed by atoms with Crippen LogP contribution in [0.5, 0.6) is 0 Å². The molecule has 9 nitrogen and oxygen atoms in total. The molecule has 1 amide bonds. The van der Waals surface area contributed by atoms with Crippen LogP contribution in [0, 0.1) is 17.1 Å². The summed E-state index contributed by atoms with van der Waals surface area (Å²) in [5.74, 6) is -0.0285. The zero-order valence-corrected chi connectivity index (χ0v) is 25.7. The van der Waals surface area contributed by atoms with Crippen molar-refractivity contribution in [2.24, 2.45) is 11.7 Å². The van der Waals surface area contributed by atoms with Crippen LogP contribution in [0.25, 0.3) is 11.1 Å². The van der Waals surface area contributed by atoms with Crippen LogP contribution in [0.3, 0.4) is 0 Å². The topological polar surface area (TPSA) is 145 Å². The average Bonchev–Trinajstić information content (AvgIpc) is 3.02. The molecule has 1 aliphatic heterocycles. The second kappa shape index (κ2) is 14.7. The predicted octanol–water partition coefficient (Wildman–Crippen LogP) is 3.86. The number of rotatable bonds is 14. The third-order valence-electron chi connectivity index (χ3n) is 8.15. The van der Waals surface area contributed by atoms with Gasteiger partial charge in [-0.1, -0.05) is 42.5 Å². The van der Waals surface area contributed by atoms with E-state index < -0.39 is 21.4 Å². The summed E-state index contributed by atoms with van der Waals surface area (Å²) >= 11 is 0. The molecule has 11 heteroatoms. The number of nitrogens with one attached hydrogen (secondary N) is 3. The number of amidine groups is 1. The normalized spacial score (nSPS) is 15.8. The zero-order valence-electron chi connectivity index (χ0n) is 24.9. The lowest BCUT2D eigenvalue weighted by Gasteiger charge is -2.38. The number of nitrogen functional groups attached to an aromatic ring is 1. The quantitative estimate of drug-likeness (QED) is 0.122. The monoisotopic (exact) mass is 621 g/mol. The van der Waals surface area contributed by atoms with Gasteiger partial charge in [-0.3, -0.25) is 10.2 Å². The van der Waals surface area contributed by atoms with Gasteiger partial charge in [0, 0.05) is 25.6 Å². The number of likely N-dealkylation sites (tertiary alicyclic amines) is 1. The first-order valence-corrected chi connectivity index (χ1v) is 16.2. The van der Waals surface area contributed by atoms with Gasteiger partial charge in [0.15, 0.2) is 0 Å². The van der Waals surface area contributed by atoms with Gasteiger partial charge in [0.05, 0.1) is 4.90 Å². The Morgan fingerprint density at radius 2 is 1.77 bits per heavy atom. The lowest BCUT2D eigenvalue weighted by molar-refractivity contribution is -0.120. The first kappa shape index (κ1) is 33.0. The van der Waals surface area contributed by atoms with Gasteiger partial charge in [0.2, 0.25) is 15.9 Å². The Morgan fingerprint density at radius 1 is 1.07 bits per heavy atom. The van der Waals surface area contributed by atoms with Crippen molar-refractivity contribution in [2.45, 2.75) is 49.0 Å². The van der Waals surface area contributed by atoms with Crippen LogP contribution in [0.1, 0.15) is 43.2 Å². The zero-order chi connectivity index (χ0) is 31.7. The van der Waals surface area contributed by atoms with E-state index in [1.807, 2.05) is 0 Å². The molecule has 1 fully saturated rings. The summed E-state index contributed by atoms with van der Waals surface area (Å²) in [5, 5.41) is 10.5. The van der Waals surface area contributed by atoms with Gasteiger partial charge < -0.3 is 20.7 Å². The molecule has 0 aromatic heterocycles. The number of halogens is 1. The molecule has 5 N–H and O–H groups in total. The molecule has 0 saturated carbocycles. The Kier molecular flexibility index (Phi) is 11.0. The number of benzene rings is 3. The number of carbonyl (C=O) groups excluding carboxylic acids is 2. The van der Waals surface area contributed by atoms with Crippen LogP contribution in [0.15, 0.2) is 77.7 Å². The minimum absolute atomic E-state index is 0.0159. The summed E-state index contributed by atoms with van der Waals surface area (Å²) in [7, 11) is -2.55. The molecule has 0 spiro atoms. The first-order chi connectivity index (χ1) is 21.0. The molecule has 1 heterocycles. The Morgan fingerprint density at radius 3 is 2.43 bits per heavy atom. The molecule has 1 saturated heterocycles. The van der Waals surface area contributed by atoms with Gasteiger partial charge >= 0.3 is 0 Å². The van der Waals surface area contributed by atoms with E-state index in [1.165, 1.54) is 24.3 Å².